The summed E-state index contributed by atoms with van der Waals surface area (Å²) in [7, 11) is 0. The Morgan fingerprint density at radius 2 is 1.86 bits per heavy atom. The monoisotopic (exact) mass is 415 g/mol. The molecule has 0 radical (unpaired) electrons. The van der Waals surface area contributed by atoms with Gasteiger partial charge in [-0.05, 0) is 36.2 Å². The fraction of sp³-hybridized carbons (Fsp3) is 0.238. The number of para-hydroxylation sites is 1. The minimum atomic E-state index is -0.315. The number of nitro benzene ring substituents is 1. The number of nitro groups is 1. The van der Waals surface area contributed by atoms with Crippen molar-refractivity contribution in [1.82, 2.24) is 9.47 Å². The highest BCUT2D eigenvalue weighted by molar-refractivity contribution is 6.42. The van der Waals surface area contributed by atoms with Crippen molar-refractivity contribution in [2.75, 3.05) is 6.54 Å². The van der Waals surface area contributed by atoms with Gasteiger partial charge in [0.15, 0.2) is 0 Å². The third-order valence-electron chi connectivity index (χ3n) is 5.18. The van der Waals surface area contributed by atoms with Crippen LogP contribution in [0, 0.1) is 10.1 Å². The minimum Gasteiger partial charge on any atom is -0.350 e. The van der Waals surface area contributed by atoms with Gasteiger partial charge in [-0.25, -0.2) is 0 Å². The highest BCUT2D eigenvalue weighted by Crippen LogP contribution is 2.36. The summed E-state index contributed by atoms with van der Waals surface area (Å²) in [5.74, 6) is 0. The third-order valence-corrected chi connectivity index (χ3v) is 5.91. The summed E-state index contributed by atoms with van der Waals surface area (Å²) >= 11 is 12.4. The molecule has 2 aromatic carbocycles. The maximum absolute atomic E-state index is 11.5. The van der Waals surface area contributed by atoms with Crippen LogP contribution in [0.4, 0.5) is 5.69 Å². The Hall–Kier alpha value is -2.34. The van der Waals surface area contributed by atoms with E-state index in [4.69, 9.17) is 23.2 Å². The molecule has 4 rings (SSSR count). The summed E-state index contributed by atoms with van der Waals surface area (Å²) in [6.07, 6.45) is 3.04. The van der Waals surface area contributed by atoms with Crippen molar-refractivity contribution >= 4 is 28.9 Å². The van der Waals surface area contributed by atoms with Crippen LogP contribution in [0.2, 0.25) is 10.0 Å². The molecule has 0 spiro atoms. The molecule has 0 unspecified atom stereocenters. The van der Waals surface area contributed by atoms with Gasteiger partial charge in [0.25, 0.3) is 5.69 Å². The molecular weight excluding hydrogens is 397 g/mol. The molecule has 2 heterocycles. The first kappa shape index (κ1) is 19.0. The molecule has 3 aromatic rings. The van der Waals surface area contributed by atoms with E-state index >= 15 is 0 Å². The molecular formula is C21H19Cl2N3O2. The average Bonchev–Trinajstić information content (AvgIpc) is 3.06. The van der Waals surface area contributed by atoms with E-state index in [1.165, 1.54) is 0 Å². The molecule has 0 N–H and O–H groups in total. The van der Waals surface area contributed by atoms with Gasteiger partial charge in [0, 0.05) is 43.2 Å². The molecule has 0 aliphatic carbocycles. The van der Waals surface area contributed by atoms with Crippen LogP contribution in [0.3, 0.4) is 0 Å². The van der Waals surface area contributed by atoms with Crippen molar-refractivity contribution in [1.29, 1.82) is 0 Å². The van der Waals surface area contributed by atoms with Crippen LogP contribution in [0.1, 0.15) is 29.3 Å². The second-order valence-electron chi connectivity index (χ2n) is 6.91. The topological polar surface area (TPSA) is 51.3 Å². The maximum atomic E-state index is 11.5. The number of nitrogens with zero attached hydrogens (tertiary/aromatic N) is 3. The van der Waals surface area contributed by atoms with Gasteiger partial charge < -0.3 is 4.57 Å². The third kappa shape index (κ3) is 3.65. The predicted octanol–water partition coefficient (Wildman–Crippen LogP) is 5.70. The van der Waals surface area contributed by atoms with Crippen molar-refractivity contribution in [3.05, 3.63) is 97.8 Å². The first-order chi connectivity index (χ1) is 13.5. The summed E-state index contributed by atoms with van der Waals surface area (Å²) in [6, 6.07) is 16.7. The van der Waals surface area contributed by atoms with Gasteiger partial charge in [0.2, 0.25) is 0 Å². The summed E-state index contributed by atoms with van der Waals surface area (Å²) in [6.45, 7) is 2.21. The van der Waals surface area contributed by atoms with Gasteiger partial charge in [0.05, 0.1) is 21.0 Å². The van der Waals surface area contributed by atoms with Crippen LogP contribution >= 0.6 is 23.2 Å². The highest BCUT2D eigenvalue weighted by Gasteiger charge is 2.29. The van der Waals surface area contributed by atoms with Gasteiger partial charge in [-0.2, -0.15) is 0 Å². The zero-order chi connectivity index (χ0) is 19.7. The van der Waals surface area contributed by atoms with E-state index in [0.29, 0.717) is 22.2 Å². The Balaban J connectivity index is 1.78. The summed E-state index contributed by atoms with van der Waals surface area (Å²) < 4.78 is 2.24. The predicted molar refractivity (Wildman–Crippen MR) is 111 cm³/mol. The van der Waals surface area contributed by atoms with Crippen molar-refractivity contribution < 1.29 is 4.92 Å². The van der Waals surface area contributed by atoms with Gasteiger partial charge >= 0.3 is 0 Å². The van der Waals surface area contributed by atoms with E-state index < -0.39 is 0 Å². The number of aryl methyl sites for hydroxylation is 1. The first-order valence-corrected chi connectivity index (χ1v) is 9.86. The molecule has 0 amide bonds. The van der Waals surface area contributed by atoms with Gasteiger partial charge in [-0.3, -0.25) is 15.0 Å². The number of hydrogen-bond acceptors (Lipinski definition) is 3. The van der Waals surface area contributed by atoms with Crippen LogP contribution in [-0.2, 0) is 13.1 Å². The number of aromatic nitrogens is 1. The fourth-order valence-corrected chi connectivity index (χ4v) is 4.22. The summed E-state index contributed by atoms with van der Waals surface area (Å²) in [5, 5.41) is 12.5. The zero-order valence-corrected chi connectivity index (χ0v) is 16.6. The standard InChI is InChI=1S/C21H19Cl2N3O2/c22-17-9-8-15(13-18(17)23)21-20-7-3-10-24(20)11-4-12-25(21)14-16-5-1-2-6-19(16)26(27)28/h1-3,5-10,13,21H,4,11-12,14H2/t21-/m1/s1. The molecule has 5 nitrogen and oxygen atoms in total. The number of benzene rings is 2. The van der Waals surface area contributed by atoms with E-state index in [-0.39, 0.29) is 16.7 Å². The molecule has 28 heavy (non-hydrogen) atoms. The van der Waals surface area contributed by atoms with E-state index in [9.17, 15) is 10.1 Å². The zero-order valence-electron chi connectivity index (χ0n) is 15.1. The lowest BCUT2D eigenvalue weighted by Crippen LogP contribution is -2.29. The number of hydrogen-bond donors (Lipinski definition) is 0. The fourth-order valence-electron chi connectivity index (χ4n) is 3.92. The second-order valence-corrected chi connectivity index (χ2v) is 7.73. The Labute approximate surface area is 173 Å². The van der Waals surface area contributed by atoms with Gasteiger partial charge in [-0.15, -0.1) is 0 Å². The number of halogens is 2. The smallest absolute Gasteiger partial charge is 0.273 e. The van der Waals surface area contributed by atoms with Crippen LogP contribution < -0.4 is 0 Å². The second kappa shape index (κ2) is 7.95. The lowest BCUT2D eigenvalue weighted by molar-refractivity contribution is -0.385. The largest absolute Gasteiger partial charge is 0.350 e. The van der Waals surface area contributed by atoms with Gasteiger partial charge in [0.1, 0.15) is 0 Å². The van der Waals surface area contributed by atoms with Crippen LogP contribution in [0.5, 0.6) is 0 Å². The molecule has 1 aromatic heterocycles. The molecule has 1 atom stereocenters. The summed E-state index contributed by atoms with van der Waals surface area (Å²) in [5.41, 5.74) is 3.02. The number of fused-ring (bicyclic) bond motifs is 1. The molecule has 7 heteroatoms. The van der Waals surface area contributed by atoms with Crippen molar-refractivity contribution in [3.63, 3.8) is 0 Å². The van der Waals surface area contributed by atoms with Crippen molar-refractivity contribution in [2.45, 2.75) is 25.6 Å². The van der Waals surface area contributed by atoms with Crippen LogP contribution in [0.15, 0.2) is 60.8 Å². The Morgan fingerprint density at radius 1 is 1.04 bits per heavy atom. The summed E-state index contributed by atoms with van der Waals surface area (Å²) in [4.78, 5) is 13.4. The molecule has 0 bridgehead atoms. The lowest BCUT2D eigenvalue weighted by atomic mass is 10.0. The molecule has 1 aliphatic heterocycles. The number of rotatable bonds is 4. The molecule has 0 fully saturated rings. The van der Waals surface area contributed by atoms with E-state index in [2.05, 4.69) is 21.7 Å². The molecule has 0 saturated heterocycles. The maximum Gasteiger partial charge on any atom is 0.273 e. The Kier molecular flexibility index (Phi) is 5.40. The van der Waals surface area contributed by atoms with Crippen molar-refractivity contribution in [3.8, 4) is 0 Å². The molecule has 1 aliphatic rings. The lowest BCUT2D eigenvalue weighted by Gasteiger charge is -2.30. The van der Waals surface area contributed by atoms with E-state index in [0.717, 1.165) is 30.8 Å². The first-order valence-electron chi connectivity index (χ1n) is 9.11. The minimum absolute atomic E-state index is 0.0629. The quantitative estimate of drug-likeness (QED) is 0.405. The Morgan fingerprint density at radius 3 is 2.64 bits per heavy atom. The van der Waals surface area contributed by atoms with E-state index in [1.54, 1.807) is 18.2 Å². The van der Waals surface area contributed by atoms with E-state index in [1.807, 2.05) is 30.3 Å². The Bertz CT molecular complexity index is 1020. The van der Waals surface area contributed by atoms with Crippen molar-refractivity contribution in [2.24, 2.45) is 0 Å². The van der Waals surface area contributed by atoms with Gasteiger partial charge in [-0.1, -0.05) is 47.5 Å². The normalized spacial score (nSPS) is 17.1. The molecule has 144 valence electrons. The molecule has 0 saturated carbocycles. The van der Waals surface area contributed by atoms with Crippen LogP contribution in [-0.4, -0.2) is 20.9 Å². The highest BCUT2D eigenvalue weighted by atomic mass is 35.5. The SMILES string of the molecule is O=[N+]([O-])c1ccccc1CN1CCCn2cccc2[C@H]1c1ccc(Cl)c(Cl)c1. The van der Waals surface area contributed by atoms with Crippen LogP contribution in [0.25, 0.3) is 0 Å². The average molecular weight is 416 g/mol.